The minimum absolute atomic E-state index is 0.192. The molecule has 0 rings (SSSR count). The Balaban J connectivity index is 3.63. The second-order valence-electron chi connectivity index (χ2n) is 2.60. The zero-order valence-corrected chi connectivity index (χ0v) is 6.90. The molecular weight excluding hydrogens is 162 g/mol. The van der Waals surface area contributed by atoms with Gasteiger partial charge in [0.15, 0.2) is 0 Å². The highest BCUT2D eigenvalue weighted by Crippen LogP contribution is 2.05. The average molecular weight is 175 g/mol. The van der Waals surface area contributed by atoms with Gasteiger partial charge in [-0.2, -0.15) is 0 Å². The second kappa shape index (κ2) is 5.54. The van der Waals surface area contributed by atoms with Crippen LogP contribution in [0, 0.1) is 5.92 Å². The molecule has 0 aliphatic carbocycles. The summed E-state index contributed by atoms with van der Waals surface area (Å²) in [4.78, 5) is 20.1. The number of hydrogen-bond acceptors (Lipinski definition) is 4. The van der Waals surface area contributed by atoms with Gasteiger partial charge in [0, 0.05) is 0 Å². The zero-order chi connectivity index (χ0) is 9.56. The molecule has 70 valence electrons. The fourth-order valence-electron chi connectivity index (χ4n) is 0.725. The summed E-state index contributed by atoms with van der Waals surface area (Å²) < 4.78 is 4.41. The number of carboxylic acid groups (broad SMARTS) is 1. The predicted molar refractivity (Wildman–Crippen MR) is 41.4 cm³/mol. The van der Waals surface area contributed by atoms with Gasteiger partial charge >= 0.3 is 5.97 Å². The number of carbonyl (C=O) groups excluding carboxylic acids is 1. The van der Waals surface area contributed by atoms with E-state index in [2.05, 4.69) is 4.74 Å². The van der Waals surface area contributed by atoms with Crippen LogP contribution in [0.25, 0.3) is 0 Å². The van der Waals surface area contributed by atoms with Crippen molar-refractivity contribution < 1.29 is 19.4 Å². The van der Waals surface area contributed by atoms with Gasteiger partial charge in [-0.25, -0.2) is 0 Å². The third-order valence-electron chi connectivity index (χ3n) is 1.66. The van der Waals surface area contributed by atoms with Crippen molar-refractivity contribution in [3.63, 3.8) is 0 Å². The normalized spacial score (nSPS) is 14.8. The van der Waals surface area contributed by atoms with Crippen LogP contribution < -0.4 is 5.73 Å². The summed E-state index contributed by atoms with van der Waals surface area (Å²) in [6.45, 7) is 2.25. The molecule has 0 aliphatic heterocycles. The summed E-state index contributed by atoms with van der Waals surface area (Å²) >= 11 is 0. The van der Waals surface area contributed by atoms with E-state index in [9.17, 15) is 9.59 Å². The summed E-state index contributed by atoms with van der Waals surface area (Å²) in [5.41, 5.74) is 5.30. The largest absolute Gasteiger partial charge is 0.480 e. The number of aliphatic carboxylic acids is 1. The second-order valence-corrected chi connectivity index (χ2v) is 2.60. The Morgan fingerprint density at radius 2 is 2.33 bits per heavy atom. The van der Waals surface area contributed by atoms with E-state index < -0.39 is 12.0 Å². The number of hydrogen-bond donors (Lipinski definition) is 2. The standard InChI is InChI=1S/C7H13NO4/c1-5(2-3-12-4-9)6(8)7(10)11/h4-6H,2-3,8H2,1H3,(H,10,11)/t5-,6-/m0/s1. The van der Waals surface area contributed by atoms with Crippen molar-refractivity contribution in [3.8, 4) is 0 Å². The molecule has 0 aromatic heterocycles. The van der Waals surface area contributed by atoms with E-state index in [1.165, 1.54) is 0 Å². The molecule has 0 radical (unpaired) electrons. The fraction of sp³-hybridized carbons (Fsp3) is 0.714. The van der Waals surface area contributed by atoms with Crippen molar-refractivity contribution in [2.45, 2.75) is 19.4 Å². The lowest BCUT2D eigenvalue weighted by atomic mass is 10.00. The van der Waals surface area contributed by atoms with Gasteiger partial charge in [0.2, 0.25) is 0 Å². The number of rotatable bonds is 6. The molecule has 0 aliphatic rings. The van der Waals surface area contributed by atoms with Crippen LogP contribution in [0.1, 0.15) is 13.3 Å². The van der Waals surface area contributed by atoms with Gasteiger partial charge in [0.05, 0.1) is 6.61 Å². The molecule has 0 spiro atoms. The van der Waals surface area contributed by atoms with Crippen LogP contribution in [0.5, 0.6) is 0 Å². The Labute approximate surface area is 70.5 Å². The monoisotopic (exact) mass is 175 g/mol. The first-order chi connectivity index (χ1) is 5.59. The fourth-order valence-corrected chi connectivity index (χ4v) is 0.725. The zero-order valence-electron chi connectivity index (χ0n) is 6.90. The summed E-state index contributed by atoms with van der Waals surface area (Å²) in [5.74, 6) is -1.23. The molecule has 0 bridgehead atoms. The van der Waals surface area contributed by atoms with Crippen LogP contribution in [-0.2, 0) is 14.3 Å². The van der Waals surface area contributed by atoms with E-state index in [-0.39, 0.29) is 12.5 Å². The Morgan fingerprint density at radius 3 is 2.75 bits per heavy atom. The molecular formula is C7H13NO4. The van der Waals surface area contributed by atoms with Crippen LogP contribution in [0.4, 0.5) is 0 Å². The van der Waals surface area contributed by atoms with Crippen molar-refractivity contribution in [1.82, 2.24) is 0 Å². The van der Waals surface area contributed by atoms with Crippen molar-refractivity contribution >= 4 is 12.4 Å². The minimum Gasteiger partial charge on any atom is -0.480 e. The number of ether oxygens (including phenoxy) is 1. The third kappa shape index (κ3) is 3.92. The average Bonchev–Trinajstić information content (AvgIpc) is 2.03. The molecule has 0 heterocycles. The number of carbonyl (C=O) groups is 2. The highest BCUT2D eigenvalue weighted by atomic mass is 16.5. The van der Waals surface area contributed by atoms with E-state index in [1.807, 2.05) is 0 Å². The minimum atomic E-state index is -1.03. The molecule has 2 atom stereocenters. The lowest BCUT2D eigenvalue weighted by molar-refractivity contribution is -0.139. The first-order valence-electron chi connectivity index (χ1n) is 3.63. The number of nitrogens with two attached hydrogens (primary N) is 1. The van der Waals surface area contributed by atoms with Crippen molar-refractivity contribution in [2.75, 3.05) is 6.61 Å². The Kier molecular flexibility index (Phi) is 5.03. The highest BCUT2D eigenvalue weighted by molar-refractivity contribution is 5.73. The van der Waals surface area contributed by atoms with Crippen molar-refractivity contribution in [1.29, 1.82) is 0 Å². The SMILES string of the molecule is C[C@@H](CCOC=O)[C@H](N)C(=O)O. The molecule has 5 nitrogen and oxygen atoms in total. The van der Waals surface area contributed by atoms with Crippen LogP contribution in [-0.4, -0.2) is 30.2 Å². The van der Waals surface area contributed by atoms with Gasteiger partial charge in [-0.05, 0) is 12.3 Å². The lowest BCUT2D eigenvalue weighted by Gasteiger charge is -2.14. The molecule has 0 saturated heterocycles. The molecule has 0 amide bonds. The van der Waals surface area contributed by atoms with Crippen LogP contribution >= 0.6 is 0 Å². The quantitative estimate of drug-likeness (QED) is 0.423. The molecule has 3 N–H and O–H groups in total. The Hall–Kier alpha value is -1.10. The maximum atomic E-state index is 10.3. The molecule has 0 aromatic rings. The molecule has 0 aromatic carbocycles. The lowest BCUT2D eigenvalue weighted by Crippen LogP contribution is -2.37. The van der Waals surface area contributed by atoms with E-state index in [1.54, 1.807) is 6.92 Å². The van der Waals surface area contributed by atoms with E-state index in [0.717, 1.165) is 0 Å². The maximum absolute atomic E-state index is 10.3. The molecule has 12 heavy (non-hydrogen) atoms. The van der Waals surface area contributed by atoms with E-state index in [0.29, 0.717) is 12.9 Å². The Morgan fingerprint density at radius 1 is 1.75 bits per heavy atom. The molecule has 5 heteroatoms. The highest BCUT2D eigenvalue weighted by Gasteiger charge is 2.19. The molecule has 0 unspecified atom stereocenters. The van der Waals surface area contributed by atoms with E-state index in [4.69, 9.17) is 10.8 Å². The summed E-state index contributed by atoms with van der Waals surface area (Å²) in [6.07, 6.45) is 0.464. The smallest absolute Gasteiger partial charge is 0.320 e. The summed E-state index contributed by atoms with van der Waals surface area (Å²) in [6, 6.07) is -0.889. The van der Waals surface area contributed by atoms with Gasteiger partial charge in [-0.15, -0.1) is 0 Å². The van der Waals surface area contributed by atoms with Gasteiger partial charge in [0.1, 0.15) is 6.04 Å². The molecule has 0 fully saturated rings. The third-order valence-corrected chi connectivity index (χ3v) is 1.66. The summed E-state index contributed by atoms with van der Waals surface area (Å²) in [5, 5.41) is 8.47. The van der Waals surface area contributed by atoms with Crippen molar-refractivity contribution in [3.05, 3.63) is 0 Å². The Bertz CT molecular complexity index is 159. The first-order valence-corrected chi connectivity index (χ1v) is 3.63. The molecule has 0 saturated carbocycles. The topological polar surface area (TPSA) is 89.6 Å². The maximum Gasteiger partial charge on any atom is 0.320 e. The van der Waals surface area contributed by atoms with Gasteiger partial charge in [0.25, 0.3) is 6.47 Å². The van der Waals surface area contributed by atoms with Crippen LogP contribution in [0.3, 0.4) is 0 Å². The summed E-state index contributed by atoms with van der Waals surface area (Å²) in [7, 11) is 0. The van der Waals surface area contributed by atoms with Gasteiger partial charge in [-0.1, -0.05) is 6.92 Å². The van der Waals surface area contributed by atoms with Gasteiger partial charge in [-0.3, -0.25) is 9.59 Å². The van der Waals surface area contributed by atoms with Gasteiger partial charge < -0.3 is 15.6 Å². The van der Waals surface area contributed by atoms with E-state index >= 15 is 0 Å². The predicted octanol–water partition coefficient (Wildman–Crippen LogP) is -0.402. The first kappa shape index (κ1) is 10.9. The number of carboxylic acids is 1. The van der Waals surface area contributed by atoms with Crippen LogP contribution in [0.15, 0.2) is 0 Å². The van der Waals surface area contributed by atoms with Crippen LogP contribution in [0.2, 0.25) is 0 Å². The van der Waals surface area contributed by atoms with Crippen molar-refractivity contribution in [2.24, 2.45) is 11.7 Å².